The lowest BCUT2D eigenvalue weighted by atomic mass is 10.1. The molecule has 1 heterocycles. The largest absolute Gasteiger partial charge is 0.266 e. The van der Waals surface area contributed by atoms with Gasteiger partial charge in [-0.2, -0.15) is 10.1 Å². The van der Waals surface area contributed by atoms with Crippen LogP contribution in [0.25, 0.3) is 11.3 Å². The van der Waals surface area contributed by atoms with Crippen molar-refractivity contribution >= 4 is 11.8 Å². The van der Waals surface area contributed by atoms with E-state index in [9.17, 15) is 4.79 Å². The molecule has 0 saturated carbocycles. The van der Waals surface area contributed by atoms with Gasteiger partial charge in [0, 0.05) is 12.6 Å². The highest BCUT2D eigenvalue weighted by molar-refractivity contribution is 5.74. The van der Waals surface area contributed by atoms with Gasteiger partial charge in [0.15, 0.2) is 0 Å². The molecule has 16 heavy (non-hydrogen) atoms. The highest BCUT2D eigenvalue weighted by atomic mass is 16.1. The number of isocyanates is 1. The van der Waals surface area contributed by atoms with Crippen molar-refractivity contribution in [2.24, 2.45) is 12.0 Å². The summed E-state index contributed by atoms with van der Waals surface area (Å²) in [7, 11) is 1.82. The quantitative estimate of drug-likeness (QED) is 0.568. The van der Waals surface area contributed by atoms with Gasteiger partial charge < -0.3 is 0 Å². The summed E-state index contributed by atoms with van der Waals surface area (Å²) in [5.74, 6) is 0. The van der Waals surface area contributed by atoms with Crippen molar-refractivity contribution in [3.05, 3.63) is 36.0 Å². The van der Waals surface area contributed by atoms with Crippen LogP contribution in [0.5, 0.6) is 0 Å². The second-order valence-corrected chi connectivity index (χ2v) is 3.57. The van der Waals surface area contributed by atoms with Crippen LogP contribution in [-0.4, -0.2) is 15.9 Å². The first kappa shape index (κ1) is 10.3. The molecule has 2 aromatic rings. The van der Waals surface area contributed by atoms with Gasteiger partial charge >= 0.3 is 0 Å². The number of nitrogens with zero attached hydrogens (tertiary/aromatic N) is 3. The Kier molecular flexibility index (Phi) is 2.66. The van der Waals surface area contributed by atoms with Gasteiger partial charge in [-0.15, -0.1) is 0 Å². The molecule has 0 amide bonds. The third-order valence-corrected chi connectivity index (χ3v) is 2.38. The first-order chi connectivity index (χ1) is 7.72. The van der Waals surface area contributed by atoms with Crippen LogP contribution in [-0.2, 0) is 11.8 Å². The fraction of sp³-hybridized carbons (Fsp3) is 0.167. The predicted molar refractivity (Wildman–Crippen MR) is 61.2 cm³/mol. The van der Waals surface area contributed by atoms with Gasteiger partial charge in [-0.3, -0.25) is 4.68 Å². The zero-order chi connectivity index (χ0) is 11.5. The number of hydrogen-bond donors (Lipinski definition) is 0. The molecule has 2 rings (SSSR count). The molecule has 4 heteroatoms. The Labute approximate surface area is 93.2 Å². The summed E-state index contributed by atoms with van der Waals surface area (Å²) in [6, 6.07) is 7.98. The van der Waals surface area contributed by atoms with Crippen LogP contribution in [0.3, 0.4) is 0 Å². The molecule has 1 aromatic heterocycles. The molecule has 0 radical (unpaired) electrons. The highest BCUT2D eigenvalue weighted by Gasteiger charge is 2.10. The van der Waals surface area contributed by atoms with Crippen LogP contribution in [0.4, 0.5) is 5.69 Å². The number of rotatable bonds is 2. The van der Waals surface area contributed by atoms with Gasteiger partial charge in [-0.05, 0) is 13.0 Å². The van der Waals surface area contributed by atoms with Crippen molar-refractivity contribution < 1.29 is 4.79 Å². The normalized spacial score (nSPS) is 9.88. The summed E-state index contributed by atoms with van der Waals surface area (Å²) in [6.07, 6.45) is 3.10. The molecule has 80 valence electrons. The summed E-state index contributed by atoms with van der Waals surface area (Å²) in [5, 5.41) is 4.09. The summed E-state index contributed by atoms with van der Waals surface area (Å²) < 4.78 is 1.70. The molecule has 0 spiro atoms. The number of hydrogen-bond acceptors (Lipinski definition) is 3. The van der Waals surface area contributed by atoms with Crippen molar-refractivity contribution in [3.8, 4) is 11.3 Å². The van der Waals surface area contributed by atoms with E-state index in [0.29, 0.717) is 5.69 Å². The molecule has 0 aliphatic heterocycles. The fourth-order valence-electron chi connectivity index (χ4n) is 1.68. The van der Waals surface area contributed by atoms with Crippen molar-refractivity contribution in [3.63, 3.8) is 0 Å². The van der Waals surface area contributed by atoms with Crippen LogP contribution >= 0.6 is 0 Å². The topological polar surface area (TPSA) is 47.2 Å². The molecular weight excluding hydrogens is 202 g/mol. The SMILES string of the molecule is Cc1cccc(-c2c(N=C=O)cnn2C)c1. The van der Waals surface area contributed by atoms with Gasteiger partial charge in [0.1, 0.15) is 5.69 Å². The average Bonchev–Trinajstić information content (AvgIpc) is 2.60. The number of aromatic nitrogens is 2. The number of aryl methyl sites for hydroxylation is 2. The van der Waals surface area contributed by atoms with Crippen LogP contribution in [0.15, 0.2) is 35.5 Å². The van der Waals surface area contributed by atoms with Crippen molar-refractivity contribution in [2.75, 3.05) is 0 Å². The van der Waals surface area contributed by atoms with E-state index in [1.807, 2.05) is 38.2 Å². The van der Waals surface area contributed by atoms with E-state index in [-0.39, 0.29) is 0 Å². The first-order valence-electron chi connectivity index (χ1n) is 4.89. The molecule has 0 aliphatic rings. The van der Waals surface area contributed by atoms with Crippen molar-refractivity contribution in [1.29, 1.82) is 0 Å². The minimum Gasteiger partial charge on any atom is -0.266 e. The summed E-state index contributed by atoms with van der Waals surface area (Å²) in [6.45, 7) is 2.02. The van der Waals surface area contributed by atoms with Crippen LogP contribution in [0, 0.1) is 6.92 Å². The van der Waals surface area contributed by atoms with Crippen molar-refractivity contribution in [2.45, 2.75) is 6.92 Å². The van der Waals surface area contributed by atoms with E-state index in [0.717, 1.165) is 16.8 Å². The molecule has 0 saturated heterocycles. The van der Waals surface area contributed by atoms with Gasteiger partial charge in [0.2, 0.25) is 6.08 Å². The van der Waals surface area contributed by atoms with Gasteiger partial charge in [-0.25, -0.2) is 4.79 Å². The zero-order valence-electron chi connectivity index (χ0n) is 9.14. The second-order valence-electron chi connectivity index (χ2n) is 3.57. The average molecular weight is 213 g/mol. The Balaban J connectivity index is 2.63. The monoisotopic (exact) mass is 213 g/mol. The molecule has 0 N–H and O–H groups in total. The van der Waals surface area contributed by atoms with Crippen molar-refractivity contribution in [1.82, 2.24) is 9.78 Å². The molecule has 0 fully saturated rings. The Morgan fingerprint density at radius 2 is 2.25 bits per heavy atom. The standard InChI is InChI=1S/C12H11N3O/c1-9-4-3-5-10(6-9)12-11(13-8-16)7-14-15(12)2/h3-7H,1-2H3. The Bertz CT molecular complexity index is 565. The lowest BCUT2D eigenvalue weighted by Gasteiger charge is -2.03. The maximum Gasteiger partial charge on any atom is 0.240 e. The second kappa shape index (κ2) is 4.13. The lowest BCUT2D eigenvalue weighted by Crippen LogP contribution is -1.93. The first-order valence-corrected chi connectivity index (χ1v) is 4.89. The molecule has 0 unspecified atom stereocenters. The van der Waals surface area contributed by atoms with Crippen LogP contribution in [0.1, 0.15) is 5.56 Å². The van der Waals surface area contributed by atoms with E-state index in [1.165, 1.54) is 0 Å². The Morgan fingerprint density at radius 1 is 1.44 bits per heavy atom. The van der Waals surface area contributed by atoms with E-state index < -0.39 is 0 Å². The van der Waals surface area contributed by atoms with E-state index in [4.69, 9.17) is 0 Å². The van der Waals surface area contributed by atoms with E-state index >= 15 is 0 Å². The summed E-state index contributed by atoms with van der Waals surface area (Å²) >= 11 is 0. The Hall–Kier alpha value is -2.19. The summed E-state index contributed by atoms with van der Waals surface area (Å²) in [4.78, 5) is 13.9. The molecule has 4 nitrogen and oxygen atoms in total. The maximum atomic E-state index is 10.3. The van der Waals surface area contributed by atoms with E-state index in [1.54, 1.807) is 17.0 Å². The molecule has 0 aliphatic carbocycles. The van der Waals surface area contributed by atoms with Crippen LogP contribution in [0.2, 0.25) is 0 Å². The number of carbonyl (C=O) groups excluding carboxylic acids is 1. The molecule has 1 aromatic carbocycles. The molecular formula is C12H11N3O. The number of aliphatic imine (C=N–C) groups is 1. The van der Waals surface area contributed by atoms with Crippen LogP contribution < -0.4 is 0 Å². The summed E-state index contributed by atoms with van der Waals surface area (Å²) in [5.41, 5.74) is 3.52. The smallest absolute Gasteiger partial charge is 0.240 e. The highest BCUT2D eigenvalue weighted by Crippen LogP contribution is 2.29. The van der Waals surface area contributed by atoms with Gasteiger partial charge in [0.25, 0.3) is 0 Å². The zero-order valence-corrected chi connectivity index (χ0v) is 9.14. The number of benzene rings is 1. The lowest BCUT2D eigenvalue weighted by molar-refractivity contribution is 0.565. The minimum atomic E-state index is 0.545. The minimum absolute atomic E-state index is 0.545. The Morgan fingerprint density at radius 3 is 2.94 bits per heavy atom. The maximum absolute atomic E-state index is 10.3. The fourth-order valence-corrected chi connectivity index (χ4v) is 1.68. The third-order valence-electron chi connectivity index (χ3n) is 2.38. The van der Waals surface area contributed by atoms with Gasteiger partial charge in [-0.1, -0.05) is 23.8 Å². The predicted octanol–water partition coefficient (Wildman–Crippen LogP) is 2.36. The van der Waals surface area contributed by atoms with Gasteiger partial charge in [0.05, 0.1) is 11.9 Å². The molecule has 0 atom stereocenters. The van der Waals surface area contributed by atoms with E-state index in [2.05, 4.69) is 10.1 Å². The molecule has 0 bridgehead atoms. The third kappa shape index (κ3) is 1.78.